The van der Waals surface area contributed by atoms with Crippen LogP contribution in [0.3, 0.4) is 0 Å². The van der Waals surface area contributed by atoms with E-state index in [2.05, 4.69) is 45.6 Å². The third-order valence-corrected chi connectivity index (χ3v) is 4.51. The van der Waals surface area contributed by atoms with Gasteiger partial charge in [-0.2, -0.15) is 0 Å². The number of aromatic nitrogens is 2. The van der Waals surface area contributed by atoms with Crippen molar-refractivity contribution in [3.63, 3.8) is 0 Å². The monoisotopic (exact) mass is 333 g/mol. The number of benzene rings is 1. The molecule has 2 heterocycles. The summed E-state index contributed by atoms with van der Waals surface area (Å²) in [5.74, 6) is 0. The fourth-order valence-electron chi connectivity index (χ4n) is 3.14. The van der Waals surface area contributed by atoms with Crippen LogP contribution in [-0.2, 0) is 6.54 Å². The van der Waals surface area contributed by atoms with E-state index in [1.54, 1.807) is 6.08 Å². The molecule has 0 spiro atoms. The molecule has 0 saturated heterocycles. The van der Waals surface area contributed by atoms with Gasteiger partial charge in [-0.05, 0) is 34.4 Å². The summed E-state index contributed by atoms with van der Waals surface area (Å²) >= 11 is 0. The van der Waals surface area contributed by atoms with Crippen LogP contribution < -0.4 is 5.32 Å². The van der Waals surface area contributed by atoms with Crippen LogP contribution in [0.5, 0.6) is 0 Å². The highest BCUT2D eigenvalue weighted by atomic mass is 19.1. The first-order chi connectivity index (χ1) is 12.3. The average Bonchev–Trinajstić information content (AvgIpc) is 3.13. The van der Waals surface area contributed by atoms with Crippen LogP contribution in [0.4, 0.5) is 4.39 Å². The van der Waals surface area contributed by atoms with Gasteiger partial charge in [0.2, 0.25) is 0 Å². The van der Waals surface area contributed by atoms with Gasteiger partial charge in [-0.25, -0.2) is 9.37 Å². The third-order valence-electron chi connectivity index (χ3n) is 4.51. The van der Waals surface area contributed by atoms with Gasteiger partial charge in [-0.3, -0.25) is 0 Å². The highest BCUT2D eigenvalue weighted by Gasteiger charge is 2.07. The number of alkyl halides is 1. The van der Waals surface area contributed by atoms with Crippen molar-refractivity contribution in [3.8, 4) is 11.1 Å². The second-order valence-electron chi connectivity index (χ2n) is 6.29. The summed E-state index contributed by atoms with van der Waals surface area (Å²) in [7, 11) is 0. The molecule has 2 N–H and O–H groups in total. The first-order valence-corrected chi connectivity index (χ1v) is 8.53. The molecule has 25 heavy (non-hydrogen) atoms. The molecule has 1 aliphatic carbocycles. The fourth-order valence-corrected chi connectivity index (χ4v) is 3.14. The lowest BCUT2D eigenvalue weighted by Crippen LogP contribution is -2.17. The Morgan fingerprint density at radius 1 is 1.12 bits per heavy atom. The smallest absolute Gasteiger partial charge is 0.137 e. The Bertz CT molecular complexity index is 922. The van der Waals surface area contributed by atoms with Crippen LogP contribution in [0.1, 0.15) is 12.0 Å². The van der Waals surface area contributed by atoms with E-state index in [1.165, 1.54) is 16.7 Å². The normalized spacial score (nSPS) is 17.0. The van der Waals surface area contributed by atoms with Gasteiger partial charge < -0.3 is 10.3 Å². The second-order valence-corrected chi connectivity index (χ2v) is 6.29. The van der Waals surface area contributed by atoms with Gasteiger partial charge in [0.1, 0.15) is 11.8 Å². The molecule has 1 aromatic carbocycles. The number of aromatic amines is 1. The number of hydrogen-bond acceptors (Lipinski definition) is 2. The summed E-state index contributed by atoms with van der Waals surface area (Å²) < 4.78 is 13.0. The molecule has 0 saturated carbocycles. The minimum absolute atomic E-state index is 0.488. The van der Waals surface area contributed by atoms with Crippen molar-refractivity contribution in [2.75, 3.05) is 6.54 Å². The molecule has 0 radical (unpaired) electrons. The minimum atomic E-state index is -0.823. The Kier molecular flexibility index (Phi) is 4.44. The molecule has 1 aliphatic rings. The van der Waals surface area contributed by atoms with E-state index in [4.69, 9.17) is 0 Å². The van der Waals surface area contributed by atoms with E-state index in [-0.39, 0.29) is 0 Å². The predicted molar refractivity (Wildman–Crippen MR) is 100.0 cm³/mol. The number of allylic oxidation sites excluding steroid dienone is 2. The van der Waals surface area contributed by atoms with E-state index < -0.39 is 6.17 Å². The Hall–Kier alpha value is -2.72. The number of nitrogens with zero attached hydrogens (tertiary/aromatic N) is 1. The van der Waals surface area contributed by atoms with Gasteiger partial charge in [0.05, 0.1) is 0 Å². The molecule has 126 valence electrons. The molecular formula is C21H20FN3. The van der Waals surface area contributed by atoms with Crippen LogP contribution in [0.15, 0.2) is 72.6 Å². The molecule has 1 atom stereocenters. The highest BCUT2D eigenvalue weighted by molar-refractivity contribution is 5.92. The molecule has 4 rings (SSSR count). The van der Waals surface area contributed by atoms with Crippen molar-refractivity contribution in [3.05, 3.63) is 78.2 Å². The first kappa shape index (κ1) is 15.8. The standard InChI is InChI=1S/C21H20FN3/c22-18-7-3-16(4-8-18)14-23-13-15-1-5-17(6-2-15)19-9-11-24-21-20(19)10-12-25-21/h1-7,9-12,18,23H,8,13-14H2,(H,24,25). The van der Waals surface area contributed by atoms with Crippen molar-refractivity contribution in [2.24, 2.45) is 0 Å². The van der Waals surface area contributed by atoms with Crippen molar-refractivity contribution in [1.29, 1.82) is 0 Å². The molecule has 0 fully saturated rings. The zero-order valence-corrected chi connectivity index (χ0v) is 13.9. The summed E-state index contributed by atoms with van der Waals surface area (Å²) in [6, 6.07) is 12.7. The summed E-state index contributed by atoms with van der Waals surface area (Å²) in [6.07, 6.45) is 8.87. The van der Waals surface area contributed by atoms with Gasteiger partial charge in [0.15, 0.2) is 0 Å². The van der Waals surface area contributed by atoms with Gasteiger partial charge in [-0.15, -0.1) is 0 Å². The lowest BCUT2D eigenvalue weighted by Gasteiger charge is -2.11. The molecule has 1 unspecified atom stereocenters. The summed E-state index contributed by atoms with van der Waals surface area (Å²) in [6.45, 7) is 1.56. The van der Waals surface area contributed by atoms with Crippen molar-refractivity contribution in [1.82, 2.24) is 15.3 Å². The highest BCUT2D eigenvalue weighted by Crippen LogP contribution is 2.27. The van der Waals surface area contributed by atoms with E-state index >= 15 is 0 Å². The van der Waals surface area contributed by atoms with E-state index in [0.29, 0.717) is 6.42 Å². The summed E-state index contributed by atoms with van der Waals surface area (Å²) in [4.78, 5) is 7.48. The number of pyridine rings is 1. The molecule has 0 bridgehead atoms. The van der Waals surface area contributed by atoms with Gasteiger partial charge >= 0.3 is 0 Å². The SMILES string of the molecule is FC1C=CC(CNCc2ccc(-c3ccnc4[nH]ccc34)cc2)=CC1. The molecule has 0 aliphatic heterocycles. The largest absolute Gasteiger partial charge is 0.346 e. The molecule has 3 nitrogen and oxygen atoms in total. The van der Waals surface area contributed by atoms with Gasteiger partial charge in [0.25, 0.3) is 0 Å². The Balaban J connectivity index is 1.41. The molecule has 4 heteroatoms. The van der Waals surface area contributed by atoms with Crippen LogP contribution in [-0.4, -0.2) is 22.7 Å². The number of nitrogens with one attached hydrogen (secondary N) is 2. The molecule has 3 aromatic rings. The van der Waals surface area contributed by atoms with E-state index in [0.717, 1.165) is 29.7 Å². The lowest BCUT2D eigenvalue weighted by atomic mass is 10.0. The fraction of sp³-hybridized carbons (Fsp3) is 0.190. The van der Waals surface area contributed by atoms with Crippen molar-refractivity contribution < 1.29 is 4.39 Å². The number of halogens is 1. The Morgan fingerprint density at radius 3 is 2.80 bits per heavy atom. The van der Waals surface area contributed by atoms with E-state index in [9.17, 15) is 4.39 Å². The van der Waals surface area contributed by atoms with Gasteiger partial charge in [-0.1, -0.05) is 42.5 Å². The average molecular weight is 333 g/mol. The van der Waals surface area contributed by atoms with Crippen LogP contribution in [0, 0.1) is 0 Å². The minimum Gasteiger partial charge on any atom is -0.346 e. The molecule has 2 aromatic heterocycles. The first-order valence-electron chi connectivity index (χ1n) is 8.53. The molecular weight excluding hydrogens is 313 g/mol. The predicted octanol–water partition coefficient (Wildman–Crippen LogP) is 4.54. The number of hydrogen-bond donors (Lipinski definition) is 2. The quantitative estimate of drug-likeness (QED) is 0.719. The van der Waals surface area contributed by atoms with Gasteiger partial charge in [0, 0.05) is 37.3 Å². The van der Waals surface area contributed by atoms with Crippen molar-refractivity contribution in [2.45, 2.75) is 19.1 Å². The van der Waals surface area contributed by atoms with E-state index in [1.807, 2.05) is 30.6 Å². The maximum Gasteiger partial charge on any atom is 0.137 e. The maximum atomic E-state index is 13.0. The van der Waals surface area contributed by atoms with Crippen molar-refractivity contribution >= 4 is 11.0 Å². The maximum absolute atomic E-state index is 13.0. The van der Waals surface area contributed by atoms with Crippen LogP contribution in [0.25, 0.3) is 22.2 Å². The Morgan fingerprint density at radius 2 is 2.00 bits per heavy atom. The summed E-state index contributed by atoms with van der Waals surface area (Å²) in [5, 5.41) is 4.55. The molecule has 0 amide bonds. The number of fused-ring (bicyclic) bond motifs is 1. The Labute approximate surface area is 146 Å². The number of rotatable bonds is 5. The van der Waals surface area contributed by atoms with Crippen LogP contribution in [0.2, 0.25) is 0 Å². The lowest BCUT2D eigenvalue weighted by molar-refractivity contribution is 0.400. The number of H-pyrrole nitrogens is 1. The van der Waals surface area contributed by atoms with Crippen LogP contribution >= 0.6 is 0 Å². The zero-order valence-electron chi connectivity index (χ0n) is 13.9. The topological polar surface area (TPSA) is 40.7 Å². The third kappa shape index (κ3) is 3.54. The zero-order chi connectivity index (χ0) is 17.1. The summed E-state index contributed by atoms with van der Waals surface area (Å²) in [5.41, 5.74) is 5.66. The second kappa shape index (κ2) is 7.03.